The van der Waals surface area contributed by atoms with Gasteiger partial charge in [0, 0.05) is 30.5 Å². The maximum Gasteiger partial charge on any atom is 0.309 e. The van der Waals surface area contributed by atoms with Gasteiger partial charge in [0.15, 0.2) is 0 Å². The first-order chi connectivity index (χ1) is 11.7. The third-order valence-corrected chi connectivity index (χ3v) is 4.36. The van der Waals surface area contributed by atoms with E-state index in [2.05, 4.69) is 9.88 Å². The number of pyridine rings is 1. The molecule has 0 atom stereocenters. The summed E-state index contributed by atoms with van der Waals surface area (Å²) in [6, 6.07) is 10.3. The Labute approximate surface area is 141 Å². The van der Waals surface area contributed by atoms with Gasteiger partial charge in [-0.05, 0) is 56.2 Å². The molecule has 1 aromatic carbocycles. The highest BCUT2D eigenvalue weighted by Crippen LogP contribution is 2.27. The van der Waals surface area contributed by atoms with E-state index in [0.29, 0.717) is 6.61 Å². The Morgan fingerprint density at radius 1 is 1.25 bits per heavy atom. The monoisotopic (exact) mass is 328 g/mol. The third-order valence-electron chi connectivity index (χ3n) is 4.36. The molecular weight excluding hydrogens is 307 g/mol. The van der Waals surface area contributed by atoms with E-state index in [1.807, 2.05) is 19.1 Å². The van der Waals surface area contributed by atoms with E-state index in [4.69, 9.17) is 4.74 Å². The summed E-state index contributed by atoms with van der Waals surface area (Å²) in [5, 5.41) is 0. The molecule has 126 valence electrons. The minimum Gasteiger partial charge on any atom is -0.466 e. The van der Waals surface area contributed by atoms with Crippen LogP contribution in [0.1, 0.15) is 19.8 Å². The fourth-order valence-electron chi connectivity index (χ4n) is 3.03. The number of nitrogens with zero attached hydrogens (tertiary/aromatic N) is 2. The average molecular weight is 328 g/mol. The highest BCUT2D eigenvalue weighted by atomic mass is 19.1. The Morgan fingerprint density at radius 3 is 2.62 bits per heavy atom. The van der Waals surface area contributed by atoms with E-state index in [1.54, 1.807) is 18.3 Å². The molecule has 0 radical (unpaired) electrons. The molecule has 24 heavy (non-hydrogen) atoms. The van der Waals surface area contributed by atoms with E-state index in [9.17, 15) is 9.18 Å². The molecule has 1 saturated heterocycles. The van der Waals surface area contributed by atoms with Crippen LogP contribution in [-0.4, -0.2) is 30.6 Å². The number of carbonyl (C=O) groups excluding carboxylic acids is 1. The van der Waals surface area contributed by atoms with Crippen molar-refractivity contribution >= 4 is 11.7 Å². The van der Waals surface area contributed by atoms with Crippen molar-refractivity contribution in [3.63, 3.8) is 0 Å². The number of ether oxygens (including phenoxy) is 1. The van der Waals surface area contributed by atoms with Crippen LogP contribution in [0.25, 0.3) is 11.3 Å². The maximum atomic E-state index is 13.1. The molecular formula is C19H21FN2O2. The molecule has 0 unspecified atom stereocenters. The van der Waals surface area contributed by atoms with Crippen LogP contribution in [0.15, 0.2) is 42.6 Å². The predicted octanol–water partition coefficient (Wildman–Crippen LogP) is 3.67. The van der Waals surface area contributed by atoms with Gasteiger partial charge in [0.1, 0.15) is 5.82 Å². The average Bonchev–Trinajstić information content (AvgIpc) is 2.63. The van der Waals surface area contributed by atoms with Gasteiger partial charge < -0.3 is 9.64 Å². The molecule has 2 aromatic rings. The van der Waals surface area contributed by atoms with Crippen LogP contribution in [0, 0.1) is 11.7 Å². The van der Waals surface area contributed by atoms with Crippen LogP contribution in [-0.2, 0) is 9.53 Å². The number of hydrogen-bond acceptors (Lipinski definition) is 4. The second kappa shape index (κ2) is 7.43. The summed E-state index contributed by atoms with van der Waals surface area (Å²) < 4.78 is 18.2. The van der Waals surface area contributed by atoms with Gasteiger partial charge in [-0.3, -0.25) is 9.78 Å². The molecule has 0 N–H and O–H groups in total. The third kappa shape index (κ3) is 3.72. The largest absolute Gasteiger partial charge is 0.466 e. The zero-order chi connectivity index (χ0) is 16.9. The lowest BCUT2D eigenvalue weighted by Gasteiger charge is -2.32. The molecule has 4 nitrogen and oxygen atoms in total. The Bertz CT molecular complexity index is 695. The Balaban J connectivity index is 1.69. The van der Waals surface area contributed by atoms with Gasteiger partial charge in [-0.25, -0.2) is 4.39 Å². The van der Waals surface area contributed by atoms with Gasteiger partial charge in [-0.1, -0.05) is 0 Å². The molecule has 5 heteroatoms. The number of piperidine rings is 1. The zero-order valence-electron chi connectivity index (χ0n) is 13.7. The summed E-state index contributed by atoms with van der Waals surface area (Å²) in [6.07, 6.45) is 3.37. The molecule has 0 spiro atoms. The van der Waals surface area contributed by atoms with Gasteiger partial charge in [-0.15, -0.1) is 0 Å². The summed E-state index contributed by atoms with van der Waals surface area (Å²) in [5.41, 5.74) is 2.78. The molecule has 0 saturated carbocycles. The first kappa shape index (κ1) is 16.4. The summed E-state index contributed by atoms with van der Waals surface area (Å²) in [6.45, 7) is 3.90. The molecule has 0 amide bonds. The van der Waals surface area contributed by atoms with Crippen molar-refractivity contribution in [2.45, 2.75) is 19.8 Å². The molecule has 0 aliphatic carbocycles. The molecule has 1 aliphatic rings. The number of anilines is 1. The number of hydrogen-bond donors (Lipinski definition) is 0. The normalized spacial score (nSPS) is 15.3. The Kier molecular flexibility index (Phi) is 5.08. The van der Waals surface area contributed by atoms with Crippen LogP contribution < -0.4 is 4.90 Å². The van der Waals surface area contributed by atoms with Crippen LogP contribution in [0.3, 0.4) is 0 Å². The molecule has 1 aliphatic heterocycles. The molecule has 2 heterocycles. The maximum absolute atomic E-state index is 13.1. The summed E-state index contributed by atoms with van der Waals surface area (Å²) >= 11 is 0. The van der Waals surface area contributed by atoms with Crippen LogP contribution in [0.4, 0.5) is 10.1 Å². The Morgan fingerprint density at radius 2 is 1.96 bits per heavy atom. The molecule has 0 bridgehead atoms. The van der Waals surface area contributed by atoms with Gasteiger partial charge in [0.25, 0.3) is 0 Å². The van der Waals surface area contributed by atoms with E-state index in [1.165, 1.54) is 12.1 Å². The smallest absolute Gasteiger partial charge is 0.309 e. The minimum absolute atomic E-state index is 0.000365. The van der Waals surface area contributed by atoms with Crippen LogP contribution in [0.5, 0.6) is 0 Å². The summed E-state index contributed by atoms with van der Waals surface area (Å²) in [7, 11) is 0. The number of rotatable bonds is 4. The van der Waals surface area contributed by atoms with Gasteiger partial charge in [0.05, 0.1) is 18.2 Å². The lowest BCUT2D eigenvalue weighted by molar-refractivity contribution is -0.148. The SMILES string of the molecule is CCOC(=O)C1CCN(c2ccnc(-c3ccc(F)cc3)c2)CC1. The van der Waals surface area contributed by atoms with Crippen molar-refractivity contribution in [1.82, 2.24) is 4.98 Å². The highest BCUT2D eigenvalue weighted by molar-refractivity contribution is 5.73. The standard InChI is InChI=1S/C19H21FN2O2/c1-2-24-19(23)15-8-11-22(12-9-15)17-7-10-21-18(13-17)14-3-5-16(20)6-4-14/h3-7,10,13,15H,2,8-9,11-12H2,1H3. The molecule has 3 rings (SSSR count). The zero-order valence-corrected chi connectivity index (χ0v) is 13.7. The van der Waals surface area contributed by atoms with Crippen molar-refractivity contribution in [3.8, 4) is 11.3 Å². The first-order valence-electron chi connectivity index (χ1n) is 8.31. The molecule has 1 fully saturated rings. The summed E-state index contributed by atoms with van der Waals surface area (Å²) in [4.78, 5) is 18.5. The number of esters is 1. The van der Waals surface area contributed by atoms with Crippen molar-refractivity contribution in [2.24, 2.45) is 5.92 Å². The van der Waals surface area contributed by atoms with Gasteiger partial charge >= 0.3 is 5.97 Å². The number of aromatic nitrogens is 1. The summed E-state index contributed by atoms with van der Waals surface area (Å²) in [5.74, 6) is -0.338. The first-order valence-corrected chi connectivity index (χ1v) is 8.31. The van der Waals surface area contributed by atoms with E-state index < -0.39 is 0 Å². The van der Waals surface area contributed by atoms with E-state index in [0.717, 1.165) is 42.9 Å². The van der Waals surface area contributed by atoms with Crippen LogP contribution in [0.2, 0.25) is 0 Å². The van der Waals surface area contributed by atoms with Crippen molar-refractivity contribution in [2.75, 3.05) is 24.6 Å². The van der Waals surface area contributed by atoms with Gasteiger partial charge in [0.2, 0.25) is 0 Å². The van der Waals surface area contributed by atoms with E-state index >= 15 is 0 Å². The van der Waals surface area contributed by atoms with Crippen molar-refractivity contribution < 1.29 is 13.9 Å². The topological polar surface area (TPSA) is 42.4 Å². The Hall–Kier alpha value is -2.43. The number of benzene rings is 1. The predicted molar refractivity (Wildman–Crippen MR) is 91.2 cm³/mol. The lowest BCUT2D eigenvalue weighted by atomic mass is 9.96. The highest BCUT2D eigenvalue weighted by Gasteiger charge is 2.26. The van der Waals surface area contributed by atoms with Crippen LogP contribution >= 0.6 is 0 Å². The van der Waals surface area contributed by atoms with Gasteiger partial charge in [-0.2, -0.15) is 0 Å². The van der Waals surface area contributed by atoms with E-state index in [-0.39, 0.29) is 17.7 Å². The minimum atomic E-state index is -0.254. The quantitative estimate of drug-likeness (QED) is 0.803. The fraction of sp³-hybridized carbons (Fsp3) is 0.368. The van der Waals surface area contributed by atoms with Crippen molar-refractivity contribution in [1.29, 1.82) is 0 Å². The second-order valence-electron chi connectivity index (χ2n) is 5.92. The molecule has 1 aromatic heterocycles. The second-order valence-corrected chi connectivity index (χ2v) is 5.92. The van der Waals surface area contributed by atoms with Crippen molar-refractivity contribution in [3.05, 3.63) is 48.4 Å². The lowest BCUT2D eigenvalue weighted by Crippen LogP contribution is -2.37. The fourth-order valence-corrected chi connectivity index (χ4v) is 3.03. The number of halogens is 1. The number of carbonyl (C=O) groups is 1.